The lowest BCUT2D eigenvalue weighted by Gasteiger charge is -2.12. The maximum atomic E-state index is 12.4. The number of carbonyl (C=O) groups excluding carboxylic acids is 1. The number of nitriles is 1. The van der Waals surface area contributed by atoms with Crippen LogP contribution in [0.4, 0.5) is 5.00 Å². The van der Waals surface area contributed by atoms with Crippen molar-refractivity contribution < 1.29 is 13.2 Å². The SMILES string of the molecule is Cc1sc(NC(=O)c2cccc(S(=O)(=O)N(C)C)c2)c(C#N)c1C. The first kappa shape index (κ1) is 18.1. The number of carbonyl (C=O) groups is 1. The van der Waals surface area contributed by atoms with Crippen molar-refractivity contribution in [1.29, 1.82) is 5.26 Å². The number of sulfonamides is 1. The Hall–Kier alpha value is -2.21. The van der Waals surface area contributed by atoms with Crippen LogP contribution in [0.3, 0.4) is 0 Å². The van der Waals surface area contributed by atoms with E-state index in [9.17, 15) is 18.5 Å². The number of benzene rings is 1. The Kier molecular flexibility index (Phi) is 5.08. The van der Waals surface area contributed by atoms with Crippen LogP contribution in [0.1, 0.15) is 26.4 Å². The highest BCUT2D eigenvalue weighted by molar-refractivity contribution is 7.89. The molecule has 1 amide bonds. The van der Waals surface area contributed by atoms with Crippen LogP contribution in [0.2, 0.25) is 0 Å². The summed E-state index contributed by atoms with van der Waals surface area (Å²) in [6, 6.07) is 7.89. The van der Waals surface area contributed by atoms with Gasteiger partial charge in [-0.1, -0.05) is 6.07 Å². The number of nitrogens with zero attached hydrogens (tertiary/aromatic N) is 2. The number of hydrogen-bond donors (Lipinski definition) is 1. The molecule has 1 heterocycles. The highest BCUT2D eigenvalue weighted by atomic mass is 32.2. The molecule has 0 atom stereocenters. The summed E-state index contributed by atoms with van der Waals surface area (Å²) < 4.78 is 25.4. The minimum Gasteiger partial charge on any atom is -0.312 e. The van der Waals surface area contributed by atoms with Gasteiger partial charge in [0.2, 0.25) is 10.0 Å². The van der Waals surface area contributed by atoms with Gasteiger partial charge in [0.15, 0.2) is 0 Å². The van der Waals surface area contributed by atoms with Crippen LogP contribution in [0.5, 0.6) is 0 Å². The number of anilines is 1. The van der Waals surface area contributed by atoms with Gasteiger partial charge in [0.25, 0.3) is 5.91 Å². The van der Waals surface area contributed by atoms with Crippen LogP contribution < -0.4 is 5.32 Å². The van der Waals surface area contributed by atoms with Crippen molar-refractivity contribution in [3.05, 3.63) is 45.8 Å². The van der Waals surface area contributed by atoms with Crippen LogP contribution >= 0.6 is 11.3 Å². The Morgan fingerprint density at radius 2 is 1.96 bits per heavy atom. The highest BCUT2D eigenvalue weighted by Crippen LogP contribution is 2.32. The quantitative estimate of drug-likeness (QED) is 0.904. The zero-order chi connectivity index (χ0) is 18.1. The molecule has 0 fully saturated rings. The Labute approximate surface area is 145 Å². The van der Waals surface area contributed by atoms with E-state index in [1.807, 2.05) is 13.8 Å². The summed E-state index contributed by atoms with van der Waals surface area (Å²) in [7, 11) is -0.760. The summed E-state index contributed by atoms with van der Waals surface area (Å²) in [5.41, 5.74) is 1.48. The Balaban J connectivity index is 2.36. The number of thiophene rings is 1. The summed E-state index contributed by atoms with van der Waals surface area (Å²) in [4.78, 5) is 13.4. The molecule has 2 aromatic rings. The second-order valence-electron chi connectivity index (χ2n) is 5.37. The van der Waals surface area contributed by atoms with Crippen molar-refractivity contribution in [2.24, 2.45) is 0 Å². The van der Waals surface area contributed by atoms with E-state index in [-0.39, 0.29) is 10.5 Å². The van der Waals surface area contributed by atoms with E-state index >= 15 is 0 Å². The average molecular weight is 363 g/mol. The van der Waals surface area contributed by atoms with Crippen LogP contribution in [0.25, 0.3) is 0 Å². The average Bonchev–Trinajstić information content (AvgIpc) is 2.81. The van der Waals surface area contributed by atoms with Gasteiger partial charge in [-0.05, 0) is 37.6 Å². The number of rotatable bonds is 4. The summed E-state index contributed by atoms with van der Waals surface area (Å²) in [5.74, 6) is -0.455. The molecule has 24 heavy (non-hydrogen) atoms. The van der Waals surface area contributed by atoms with Crippen molar-refractivity contribution in [1.82, 2.24) is 4.31 Å². The fourth-order valence-corrected chi connectivity index (χ4v) is 3.99. The zero-order valence-corrected chi connectivity index (χ0v) is 15.4. The van der Waals surface area contributed by atoms with Gasteiger partial charge in [0.1, 0.15) is 11.1 Å². The minimum atomic E-state index is -3.62. The van der Waals surface area contributed by atoms with Crippen LogP contribution in [-0.4, -0.2) is 32.7 Å². The molecule has 2 rings (SSSR count). The van der Waals surface area contributed by atoms with Crippen molar-refractivity contribution in [3.63, 3.8) is 0 Å². The molecule has 0 saturated carbocycles. The van der Waals surface area contributed by atoms with Gasteiger partial charge < -0.3 is 5.32 Å². The number of aryl methyl sites for hydroxylation is 1. The summed E-state index contributed by atoms with van der Waals surface area (Å²) in [6.45, 7) is 3.70. The molecule has 1 N–H and O–H groups in total. The molecule has 8 heteroatoms. The maximum absolute atomic E-state index is 12.4. The molecule has 0 aliphatic carbocycles. The van der Waals surface area contributed by atoms with Gasteiger partial charge in [-0.3, -0.25) is 4.79 Å². The van der Waals surface area contributed by atoms with Gasteiger partial charge in [-0.2, -0.15) is 5.26 Å². The Morgan fingerprint density at radius 1 is 1.29 bits per heavy atom. The first-order valence-electron chi connectivity index (χ1n) is 7.02. The van der Waals surface area contributed by atoms with Gasteiger partial charge in [0, 0.05) is 24.5 Å². The van der Waals surface area contributed by atoms with E-state index in [2.05, 4.69) is 11.4 Å². The third kappa shape index (κ3) is 3.33. The lowest BCUT2D eigenvalue weighted by molar-refractivity contribution is 0.102. The van der Waals surface area contributed by atoms with E-state index in [1.165, 1.54) is 49.7 Å². The number of amides is 1. The van der Waals surface area contributed by atoms with Crippen molar-refractivity contribution >= 4 is 32.3 Å². The third-order valence-corrected chi connectivity index (χ3v) is 6.53. The smallest absolute Gasteiger partial charge is 0.256 e. The molecule has 0 spiro atoms. The van der Waals surface area contributed by atoms with Gasteiger partial charge >= 0.3 is 0 Å². The molecule has 0 radical (unpaired) electrons. The normalized spacial score (nSPS) is 11.3. The van der Waals surface area contributed by atoms with E-state index in [4.69, 9.17) is 0 Å². The summed E-state index contributed by atoms with van der Waals surface area (Å²) in [5, 5.41) is 12.4. The lowest BCUT2D eigenvalue weighted by Crippen LogP contribution is -2.22. The van der Waals surface area contributed by atoms with Crippen molar-refractivity contribution in [3.8, 4) is 6.07 Å². The highest BCUT2D eigenvalue weighted by Gasteiger charge is 2.20. The van der Waals surface area contributed by atoms with Gasteiger partial charge in [-0.15, -0.1) is 11.3 Å². The molecule has 0 aliphatic heterocycles. The Morgan fingerprint density at radius 3 is 2.54 bits per heavy atom. The molecule has 0 saturated heterocycles. The fourth-order valence-electron chi connectivity index (χ4n) is 2.03. The standard InChI is InChI=1S/C16H17N3O3S2/c1-10-11(2)23-16(14(10)9-17)18-15(20)12-6-5-7-13(8-12)24(21,22)19(3)4/h5-8H,1-4H3,(H,18,20). The first-order chi connectivity index (χ1) is 11.2. The summed E-state index contributed by atoms with van der Waals surface area (Å²) >= 11 is 1.32. The van der Waals surface area contributed by atoms with Crippen LogP contribution in [0, 0.1) is 25.2 Å². The fraction of sp³-hybridized carbons (Fsp3) is 0.250. The predicted molar refractivity (Wildman–Crippen MR) is 93.8 cm³/mol. The second-order valence-corrected chi connectivity index (χ2v) is 8.75. The van der Waals surface area contributed by atoms with Crippen molar-refractivity contribution in [2.75, 3.05) is 19.4 Å². The molecule has 0 aliphatic rings. The number of nitrogens with one attached hydrogen (secondary N) is 1. The molecular formula is C16H17N3O3S2. The van der Waals surface area contributed by atoms with E-state index in [0.717, 1.165) is 14.7 Å². The molecule has 126 valence electrons. The molecular weight excluding hydrogens is 346 g/mol. The van der Waals surface area contributed by atoms with Gasteiger partial charge in [-0.25, -0.2) is 12.7 Å². The van der Waals surface area contributed by atoms with E-state index in [1.54, 1.807) is 0 Å². The van der Waals surface area contributed by atoms with E-state index in [0.29, 0.717) is 10.6 Å². The van der Waals surface area contributed by atoms with Crippen molar-refractivity contribution in [2.45, 2.75) is 18.7 Å². The molecule has 1 aromatic heterocycles. The summed E-state index contributed by atoms with van der Waals surface area (Å²) in [6.07, 6.45) is 0. The van der Waals surface area contributed by atoms with Crippen LogP contribution in [0.15, 0.2) is 29.2 Å². The maximum Gasteiger partial charge on any atom is 0.256 e. The largest absolute Gasteiger partial charge is 0.312 e. The first-order valence-corrected chi connectivity index (χ1v) is 9.28. The monoisotopic (exact) mass is 363 g/mol. The Bertz CT molecular complexity index is 938. The second kappa shape index (κ2) is 6.73. The molecule has 6 nitrogen and oxygen atoms in total. The minimum absolute atomic E-state index is 0.0409. The zero-order valence-electron chi connectivity index (χ0n) is 13.7. The molecule has 0 unspecified atom stereocenters. The van der Waals surface area contributed by atoms with Gasteiger partial charge in [0.05, 0.1) is 10.5 Å². The number of hydrogen-bond acceptors (Lipinski definition) is 5. The third-order valence-electron chi connectivity index (χ3n) is 3.60. The lowest BCUT2D eigenvalue weighted by atomic mass is 10.2. The topological polar surface area (TPSA) is 90.3 Å². The predicted octanol–water partition coefficient (Wildman–Crippen LogP) is 2.74. The molecule has 1 aromatic carbocycles. The molecule has 0 bridgehead atoms. The van der Waals surface area contributed by atoms with Crippen LogP contribution in [-0.2, 0) is 10.0 Å². The van der Waals surface area contributed by atoms with E-state index < -0.39 is 15.9 Å².